The van der Waals surface area contributed by atoms with Gasteiger partial charge in [0.25, 0.3) is 0 Å². The van der Waals surface area contributed by atoms with Gasteiger partial charge in [0.1, 0.15) is 0 Å². The van der Waals surface area contributed by atoms with Crippen molar-refractivity contribution < 1.29 is 37.9 Å². The van der Waals surface area contributed by atoms with Crippen LogP contribution in [0.2, 0.25) is 0 Å². The number of methoxy groups -OCH3 is 8. The van der Waals surface area contributed by atoms with Crippen molar-refractivity contribution in [3.8, 4) is 0 Å². The fraction of sp³-hybridized carbons (Fsp3) is 0.390. The van der Waals surface area contributed by atoms with Crippen LogP contribution in [0.4, 0.5) is 0 Å². The largest absolute Gasteiger partial charge is 0.505 e. The third-order valence-corrected chi connectivity index (χ3v) is 17.9. The molecular formula is C105H146O8. The third-order valence-electron chi connectivity index (χ3n) is 17.9. The van der Waals surface area contributed by atoms with Gasteiger partial charge in [0, 0.05) is 0 Å². The minimum atomic E-state index is 0.237. The highest BCUT2D eigenvalue weighted by Gasteiger charge is 2.12. The number of hydrogen-bond donors (Lipinski definition) is 0. The van der Waals surface area contributed by atoms with E-state index < -0.39 is 0 Å². The highest BCUT2D eigenvalue weighted by molar-refractivity contribution is 5.32. The van der Waals surface area contributed by atoms with Crippen molar-refractivity contribution in [3.63, 3.8) is 0 Å². The van der Waals surface area contributed by atoms with E-state index in [-0.39, 0.29) is 5.41 Å². The molecule has 113 heavy (non-hydrogen) atoms. The lowest BCUT2D eigenvalue weighted by atomic mass is 9.86. The summed E-state index contributed by atoms with van der Waals surface area (Å²) in [5.41, 5.74) is 22.0. The van der Waals surface area contributed by atoms with Gasteiger partial charge >= 0.3 is 0 Å². The first kappa shape index (κ1) is 101. The molecule has 8 heteroatoms. The van der Waals surface area contributed by atoms with E-state index in [4.69, 9.17) is 37.9 Å². The number of ether oxygens (including phenoxy) is 8. The molecule has 1 unspecified atom stereocenters. The average molecular weight is 1540 g/mol. The zero-order chi connectivity index (χ0) is 83.4. The molecule has 0 fully saturated rings. The van der Waals surface area contributed by atoms with E-state index in [1.165, 1.54) is 128 Å². The van der Waals surface area contributed by atoms with Crippen LogP contribution in [0.1, 0.15) is 210 Å². The Morgan fingerprint density at radius 2 is 0.531 bits per heavy atom. The van der Waals surface area contributed by atoms with Crippen molar-refractivity contribution in [1.29, 1.82) is 0 Å². The fourth-order valence-corrected chi connectivity index (χ4v) is 10.9. The molecule has 8 rings (SSSR count). The highest BCUT2D eigenvalue weighted by Crippen LogP contribution is 2.23. The van der Waals surface area contributed by atoms with Gasteiger partial charge in [-0.15, -0.1) is 0 Å². The predicted octanol–water partition coefficient (Wildman–Crippen LogP) is 27.4. The van der Waals surface area contributed by atoms with E-state index in [1.807, 2.05) is 48.6 Å². The maximum absolute atomic E-state index is 4.86. The van der Waals surface area contributed by atoms with Gasteiger partial charge in [-0.3, -0.25) is 0 Å². The van der Waals surface area contributed by atoms with Crippen LogP contribution >= 0.6 is 0 Å². The molecule has 0 aliphatic carbocycles. The number of allylic oxidation sites excluding steroid dienone is 8. The molecular weight excluding hydrogens is 1390 g/mol. The summed E-state index contributed by atoms with van der Waals surface area (Å²) in [7, 11) is 13.3. The van der Waals surface area contributed by atoms with Gasteiger partial charge in [0.15, 0.2) is 0 Å². The molecule has 0 spiro atoms. The lowest BCUT2D eigenvalue weighted by Crippen LogP contribution is -2.10. The Morgan fingerprint density at radius 1 is 0.283 bits per heavy atom. The van der Waals surface area contributed by atoms with Crippen LogP contribution < -0.4 is 0 Å². The standard InChI is InChI=1S/4C14H20O.2C13H18O.C12H16O.C11H14O/c1-14(2,3)13-9-7-12(8-10-13)6-5-11-15-4;1-12(2)11-14-8-6-13(7-9-14)5-4-10-15-3;1-4-12(2)14-9-7-13(8-10-14)6-5-11-15-3;1-3-4-6-13-8-10-14(11-9-13)7-5-12-15-2;1-11(2)13-8-6-12(7-9-13)5-4-10-14-3;1-3-5-12-7-9-13(10-8-12)6-4-11-14-2;1-3-11-6-8-12(9-7-11)5-4-10-13-2;1-10-5-7-11(8-6-10)4-3-9-12-2/h5,7-11H,6H2,1-4H3;4,6-10,12H,5,11H2,1-3H3;5,7-12H,4,6H2,1-3H3;5,8-12H,3-4,6-7H2,1-2H3;4,6-11H,5H2,1-3H3;4,7-11H,3,5-6H2,1-2H3;4,6-10H,3,5H2,1-2H3;3,5-9H,4H2,1-2H3/b11-5+;10-4+;11-5+;12-5+;10-4+;11-4+;10-4+;9-3+. The molecule has 0 N–H and O–H groups in total. The quantitative estimate of drug-likeness (QED) is 0.0364. The average Bonchev–Trinajstić information content (AvgIpc) is 0.853. The maximum Gasteiger partial charge on any atom is 0.0788 e. The summed E-state index contributed by atoms with van der Waals surface area (Å²) in [6.45, 7) is 28.8. The van der Waals surface area contributed by atoms with Gasteiger partial charge in [-0.25, -0.2) is 0 Å². The molecule has 8 nitrogen and oxygen atoms in total. The van der Waals surface area contributed by atoms with E-state index in [0.29, 0.717) is 11.8 Å². The summed E-state index contributed by atoms with van der Waals surface area (Å²) in [6.07, 6.45) is 47.0. The van der Waals surface area contributed by atoms with E-state index in [9.17, 15) is 0 Å². The van der Waals surface area contributed by atoms with E-state index in [0.717, 1.165) is 70.1 Å². The molecule has 1 atom stereocenters. The van der Waals surface area contributed by atoms with E-state index >= 15 is 0 Å². The Morgan fingerprint density at radius 3 is 0.779 bits per heavy atom. The molecule has 614 valence electrons. The van der Waals surface area contributed by atoms with Crippen LogP contribution in [0.15, 0.2) is 293 Å². The minimum Gasteiger partial charge on any atom is -0.505 e. The molecule has 0 aliphatic heterocycles. The summed E-state index contributed by atoms with van der Waals surface area (Å²) in [6, 6.07) is 70.0. The molecule has 0 heterocycles. The van der Waals surface area contributed by atoms with E-state index in [2.05, 4.69) is 284 Å². The fourth-order valence-electron chi connectivity index (χ4n) is 10.9. The first-order valence-corrected chi connectivity index (χ1v) is 40.8. The Kier molecular flexibility index (Phi) is 59.6. The van der Waals surface area contributed by atoms with E-state index in [1.54, 1.807) is 107 Å². The zero-order valence-electron chi connectivity index (χ0n) is 73.5. The van der Waals surface area contributed by atoms with Crippen molar-refractivity contribution in [1.82, 2.24) is 0 Å². The number of aryl methyl sites for hydroxylation is 4. The van der Waals surface area contributed by atoms with Gasteiger partial charge in [-0.2, -0.15) is 0 Å². The molecule has 0 aliphatic rings. The summed E-state index contributed by atoms with van der Waals surface area (Å²) >= 11 is 0. The summed E-state index contributed by atoms with van der Waals surface area (Å²) in [4.78, 5) is 0. The SMILES string of the molecule is CCC(C)c1ccc(C/C=C/OC)cc1.CCCCc1ccc(C/C=C/OC)cc1.CCCc1ccc(C/C=C/OC)cc1.CCc1ccc(C/C=C/OC)cc1.CO/C=C/Cc1ccc(C(C)(C)C)cc1.CO/C=C/Cc1ccc(C(C)C)cc1.CO/C=C/Cc1ccc(C)cc1.CO/C=C/Cc1ccc(CC(C)C)cc1. The van der Waals surface area contributed by atoms with Crippen molar-refractivity contribution in [2.75, 3.05) is 56.9 Å². The van der Waals surface area contributed by atoms with Gasteiger partial charge < -0.3 is 37.9 Å². The van der Waals surface area contributed by atoms with Gasteiger partial charge in [-0.05, 0) is 252 Å². The Bertz CT molecular complexity index is 3770. The second kappa shape index (κ2) is 66.7. The Labute approximate surface area is 688 Å². The van der Waals surface area contributed by atoms with Crippen molar-refractivity contribution in [2.45, 2.75) is 210 Å². The number of benzene rings is 8. The third kappa shape index (κ3) is 52.9. The van der Waals surface area contributed by atoms with Crippen LogP contribution in [-0.4, -0.2) is 56.9 Å². The van der Waals surface area contributed by atoms with Gasteiger partial charge in [0.05, 0.1) is 107 Å². The zero-order valence-corrected chi connectivity index (χ0v) is 73.5. The van der Waals surface area contributed by atoms with Crippen molar-refractivity contribution in [3.05, 3.63) is 382 Å². The normalized spacial score (nSPS) is 11.3. The second-order valence-electron chi connectivity index (χ2n) is 29.4. The predicted molar refractivity (Wildman–Crippen MR) is 487 cm³/mol. The lowest BCUT2D eigenvalue weighted by Gasteiger charge is -2.18. The molecule has 8 aromatic carbocycles. The number of unbranched alkanes of at least 4 members (excludes halogenated alkanes) is 1. The summed E-state index contributed by atoms with van der Waals surface area (Å²) < 4.78 is 38.8. The lowest BCUT2D eigenvalue weighted by molar-refractivity contribution is 0.336. The molecule has 0 radical (unpaired) electrons. The van der Waals surface area contributed by atoms with Crippen LogP contribution in [0.5, 0.6) is 0 Å². The summed E-state index contributed by atoms with van der Waals surface area (Å²) in [5, 5.41) is 0. The molecule has 0 aromatic heterocycles. The smallest absolute Gasteiger partial charge is 0.0788 e. The van der Waals surface area contributed by atoms with Crippen LogP contribution in [0, 0.1) is 12.8 Å². The molecule has 0 saturated carbocycles. The number of rotatable bonds is 35. The first-order valence-electron chi connectivity index (χ1n) is 40.8. The van der Waals surface area contributed by atoms with Crippen LogP contribution in [0.25, 0.3) is 0 Å². The Hall–Kier alpha value is -9.92. The summed E-state index contributed by atoms with van der Waals surface area (Å²) in [5.74, 6) is 2.00. The Balaban J connectivity index is 0.000000646. The second-order valence-corrected chi connectivity index (χ2v) is 29.4. The monoisotopic (exact) mass is 1540 g/mol. The highest BCUT2D eigenvalue weighted by atomic mass is 16.5. The number of hydrogen-bond acceptors (Lipinski definition) is 8. The molecule has 0 saturated heterocycles. The topological polar surface area (TPSA) is 73.8 Å². The van der Waals surface area contributed by atoms with Crippen LogP contribution in [-0.2, 0) is 120 Å². The van der Waals surface area contributed by atoms with Crippen molar-refractivity contribution in [2.24, 2.45) is 5.92 Å². The molecule has 0 amide bonds. The molecule has 8 aromatic rings. The maximum atomic E-state index is 4.86. The van der Waals surface area contributed by atoms with Gasteiger partial charge in [0.2, 0.25) is 0 Å². The first-order chi connectivity index (χ1) is 54.7. The van der Waals surface area contributed by atoms with Crippen LogP contribution in [0.3, 0.4) is 0 Å². The van der Waals surface area contributed by atoms with Crippen molar-refractivity contribution >= 4 is 0 Å². The minimum absolute atomic E-state index is 0.237. The van der Waals surface area contributed by atoms with Gasteiger partial charge in [-0.1, -0.05) is 296 Å². The molecule has 0 bridgehead atoms.